The largest absolute Gasteiger partial charge is 0.455 e. The summed E-state index contributed by atoms with van der Waals surface area (Å²) in [5, 5.41) is 13.0. The number of furan rings is 1. The predicted octanol–water partition coefficient (Wildman–Crippen LogP) is 11.5. The molecule has 5 nitrogen and oxygen atoms in total. The van der Waals surface area contributed by atoms with Gasteiger partial charge in [-0.1, -0.05) is 121 Å². The molecular formula is C47H30N4O. The van der Waals surface area contributed by atoms with Crippen LogP contribution in [0, 0.1) is 0 Å². The van der Waals surface area contributed by atoms with E-state index in [1.807, 2.05) is 0 Å². The smallest absolute Gasteiger partial charge is 0.163 e. The van der Waals surface area contributed by atoms with E-state index in [2.05, 4.69) is 180 Å². The van der Waals surface area contributed by atoms with E-state index in [1.165, 1.54) is 38.0 Å². The molecule has 1 aliphatic heterocycles. The molecule has 11 rings (SSSR count). The Hall–Kier alpha value is -6.98. The van der Waals surface area contributed by atoms with Gasteiger partial charge >= 0.3 is 0 Å². The molecule has 1 unspecified atom stereocenters. The average molecular weight is 667 g/mol. The molecule has 0 spiro atoms. The van der Waals surface area contributed by atoms with Crippen LogP contribution in [-0.2, 0) is 0 Å². The van der Waals surface area contributed by atoms with Gasteiger partial charge in [0.1, 0.15) is 23.2 Å². The van der Waals surface area contributed by atoms with Gasteiger partial charge in [0.15, 0.2) is 5.84 Å². The van der Waals surface area contributed by atoms with Crippen LogP contribution >= 0.6 is 0 Å². The van der Waals surface area contributed by atoms with E-state index in [1.54, 1.807) is 0 Å². The molecule has 2 aromatic heterocycles. The van der Waals surface area contributed by atoms with Crippen LogP contribution in [0.5, 0.6) is 0 Å². The molecule has 0 bridgehead atoms. The summed E-state index contributed by atoms with van der Waals surface area (Å²) in [6.45, 7) is 0. The molecule has 1 atom stereocenters. The maximum Gasteiger partial charge on any atom is 0.163 e. The van der Waals surface area contributed by atoms with Crippen molar-refractivity contribution in [2.75, 3.05) is 0 Å². The molecule has 5 heteroatoms. The molecule has 0 fully saturated rings. The van der Waals surface area contributed by atoms with Gasteiger partial charge in [-0.3, -0.25) is 0 Å². The first kappa shape index (κ1) is 28.8. The Morgan fingerprint density at radius 2 is 1.17 bits per heavy atom. The summed E-state index contributed by atoms with van der Waals surface area (Å²) in [7, 11) is 0. The second kappa shape index (κ2) is 11.3. The maximum absolute atomic E-state index is 6.66. The number of aromatic nitrogens is 1. The molecule has 0 saturated heterocycles. The number of benzene rings is 8. The van der Waals surface area contributed by atoms with E-state index in [-0.39, 0.29) is 6.17 Å². The van der Waals surface area contributed by atoms with Crippen molar-refractivity contribution in [1.82, 2.24) is 9.88 Å². The summed E-state index contributed by atoms with van der Waals surface area (Å²) in [5.74, 6) is 1.38. The lowest BCUT2D eigenvalue weighted by Gasteiger charge is -2.24. The first-order chi connectivity index (χ1) is 25.7. The highest BCUT2D eigenvalue weighted by molar-refractivity contribution is 6.20. The van der Waals surface area contributed by atoms with E-state index in [0.29, 0.717) is 5.84 Å². The quantitative estimate of drug-likeness (QED) is 0.203. The average Bonchev–Trinajstić information content (AvgIpc) is 3.75. The molecule has 0 aliphatic carbocycles. The van der Waals surface area contributed by atoms with Gasteiger partial charge in [-0.05, 0) is 75.6 Å². The monoisotopic (exact) mass is 666 g/mol. The Morgan fingerprint density at radius 1 is 0.519 bits per heavy atom. The maximum atomic E-state index is 6.66. The Morgan fingerprint density at radius 3 is 1.96 bits per heavy atom. The zero-order valence-corrected chi connectivity index (χ0v) is 28.0. The third-order valence-electron chi connectivity index (χ3n) is 10.4. The lowest BCUT2D eigenvalue weighted by molar-refractivity contribution is 0.664. The number of hydrogen-bond acceptors (Lipinski definition) is 4. The number of nitrogens with zero attached hydrogens (tertiary/aromatic N) is 3. The summed E-state index contributed by atoms with van der Waals surface area (Å²) >= 11 is 0. The van der Waals surface area contributed by atoms with Gasteiger partial charge in [0.2, 0.25) is 0 Å². The van der Waals surface area contributed by atoms with Crippen LogP contribution in [0.3, 0.4) is 0 Å². The predicted molar refractivity (Wildman–Crippen MR) is 215 cm³/mol. The Bertz CT molecular complexity index is 3070. The van der Waals surface area contributed by atoms with Crippen molar-refractivity contribution in [1.29, 1.82) is 0 Å². The minimum Gasteiger partial charge on any atom is -0.455 e. The molecule has 52 heavy (non-hydrogen) atoms. The highest BCUT2D eigenvalue weighted by Crippen LogP contribution is 2.36. The second-order valence-corrected chi connectivity index (χ2v) is 13.5. The van der Waals surface area contributed by atoms with Gasteiger partial charge < -0.3 is 14.3 Å². The summed E-state index contributed by atoms with van der Waals surface area (Å²) in [6, 6.07) is 59.8. The van der Waals surface area contributed by atoms with Crippen LogP contribution in [0.4, 0.5) is 0 Å². The Labute approximate surface area is 298 Å². The lowest BCUT2D eigenvalue weighted by atomic mass is 10.0. The number of fused-ring (bicyclic) bond motifs is 8. The van der Waals surface area contributed by atoms with Crippen molar-refractivity contribution in [2.45, 2.75) is 6.17 Å². The van der Waals surface area contributed by atoms with Crippen molar-refractivity contribution in [2.24, 2.45) is 9.98 Å². The summed E-state index contributed by atoms with van der Waals surface area (Å²) in [6.07, 6.45) is -0.369. The van der Waals surface area contributed by atoms with Gasteiger partial charge in [-0.15, -0.1) is 0 Å². The second-order valence-electron chi connectivity index (χ2n) is 13.5. The van der Waals surface area contributed by atoms with Crippen molar-refractivity contribution in [3.05, 3.63) is 187 Å². The number of nitrogens with one attached hydrogen (secondary N) is 1. The number of hydrogen-bond donors (Lipinski definition) is 1. The molecular weight excluding hydrogens is 637 g/mol. The van der Waals surface area contributed by atoms with Crippen LogP contribution in [0.25, 0.3) is 71.0 Å². The molecule has 244 valence electrons. The van der Waals surface area contributed by atoms with E-state index >= 15 is 0 Å². The Balaban J connectivity index is 1.10. The van der Waals surface area contributed by atoms with Crippen molar-refractivity contribution >= 4 is 77.0 Å². The van der Waals surface area contributed by atoms with E-state index in [0.717, 1.165) is 55.5 Å². The third kappa shape index (κ3) is 4.49. The fourth-order valence-corrected chi connectivity index (χ4v) is 7.92. The number of aliphatic imine (C=N–C) groups is 2. The standard InChI is InChI=1S/C47H30N4O/c1-2-12-30-25-34(24-23-29(30)11-1)46-48-45(33-15-9-16-35(26-33)51-41-21-7-5-17-36(41)37-18-6-8-22-42(37)51)49-47(50-46)39-20-10-19-38-40-27-31-13-3-4-14-32(31)28-43(40)52-44(38)39/h1-28,46H,(H,48,49,50). The van der Waals surface area contributed by atoms with Crippen molar-refractivity contribution in [3.63, 3.8) is 0 Å². The lowest BCUT2D eigenvalue weighted by Crippen LogP contribution is -2.33. The molecule has 1 aliphatic rings. The molecule has 0 amide bonds. The minimum absolute atomic E-state index is 0.369. The molecule has 1 N–H and O–H groups in total. The minimum atomic E-state index is -0.369. The van der Waals surface area contributed by atoms with Gasteiger partial charge in [0, 0.05) is 32.8 Å². The van der Waals surface area contributed by atoms with Crippen LogP contribution in [0.1, 0.15) is 22.9 Å². The van der Waals surface area contributed by atoms with Crippen molar-refractivity contribution < 1.29 is 4.42 Å². The highest BCUT2D eigenvalue weighted by Gasteiger charge is 2.24. The summed E-state index contributed by atoms with van der Waals surface area (Å²) in [5.41, 5.74) is 7.93. The SMILES string of the molecule is c1cc(C2=NC(c3cccc4c3oc3cc5ccccc5cc34)=NC(c3ccc4ccccc4c3)N2)cc(-n2c3ccccc3c3ccccc32)c1. The third-order valence-corrected chi connectivity index (χ3v) is 10.4. The van der Waals surface area contributed by atoms with E-state index in [9.17, 15) is 0 Å². The molecule has 0 saturated carbocycles. The van der Waals surface area contributed by atoms with Gasteiger partial charge in [-0.25, -0.2) is 9.98 Å². The normalized spacial score (nSPS) is 14.7. The number of amidine groups is 2. The first-order valence-electron chi connectivity index (χ1n) is 17.6. The fraction of sp³-hybridized carbons (Fsp3) is 0.0213. The zero-order chi connectivity index (χ0) is 34.2. The molecule has 8 aromatic carbocycles. The summed E-state index contributed by atoms with van der Waals surface area (Å²) < 4.78 is 9.00. The van der Waals surface area contributed by atoms with E-state index in [4.69, 9.17) is 14.4 Å². The van der Waals surface area contributed by atoms with Crippen LogP contribution < -0.4 is 5.32 Å². The number of rotatable bonds is 4. The number of para-hydroxylation sites is 3. The van der Waals surface area contributed by atoms with Crippen LogP contribution in [-0.4, -0.2) is 16.2 Å². The Kier molecular flexibility index (Phi) is 6.25. The van der Waals surface area contributed by atoms with Crippen LogP contribution in [0.15, 0.2) is 184 Å². The van der Waals surface area contributed by atoms with Crippen LogP contribution in [0.2, 0.25) is 0 Å². The first-order valence-corrected chi connectivity index (χ1v) is 17.6. The topological polar surface area (TPSA) is 54.8 Å². The van der Waals surface area contributed by atoms with Gasteiger partial charge in [0.05, 0.1) is 16.6 Å². The van der Waals surface area contributed by atoms with Gasteiger partial charge in [-0.2, -0.15) is 0 Å². The molecule has 0 radical (unpaired) electrons. The molecule has 10 aromatic rings. The fourth-order valence-electron chi connectivity index (χ4n) is 7.92. The van der Waals surface area contributed by atoms with Crippen molar-refractivity contribution in [3.8, 4) is 5.69 Å². The van der Waals surface area contributed by atoms with Gasteiger partial charge in [0.25, 0.3) is 0 Å². The molecule has 3 heterocycles. The summed E-state index contributed by atoms with van der Waals surface area (Å²) in [4.78, 5) is 10.6. The van der Waals surface area contributed by atoms with E-state index < -0.39 is 0 Å². The zero-order valence-electron chi connectivity index (χ0n) is 28.0. The highest BCUT2D eigenvalue weighted by atomic mass is 16.3.